The number of hydrogen-bond acceptors (Lipinski definition) is 5. The predicted octanol–water partition coefficient (Wildman–Crippen LogP) is -4.91. The molecule has 0 radical (unpaired) electrons. The first kappa shape index (κ1) is 18.2. The van der Waals surface area contributed by atoms with Crippen molar-refractivity contribution in [2.75, 3.05) is 39.5 Å². The van der Waals surface area contributed by atoms with Gasteiger partial charge in [-0.15, -0.1) is 0 Å². The molecule has 0 rings (SSSR count). The third-order valence-corrected chi connectivity index (χ3v) is 1.25. The standard InChI is InChI=1S/C6H15NO3.Li.H2O/c8-4-1-7(2-5-9)3-6-10;;/h8-10H,1-6H2;;1H2/q;+1;/p-1. The Morgan fingerprint density at radius 2 is 1.00 bits per heavy atom. The fourth-order valence-corrected chi connectivity index (χ4v) is 0.760. The molecule has 0 heterocycles. The van der Waals surface area contributed by atoms with Gasteiger partial charge in [0, 0.05) is 19.6 Å². The van der Waals surface area contributed by atoms with E-state index in [1.165, 1.54) is 0 Å². The van der Waals surface area contributed by atoms with E-state index in [9.17, 15) is 0 Å². The zero-order valence-electron chi connectivity index (χ0n) is 7.48. The van der Waals surface area contributed by atoms with Gasteiger partial charge in [0.2, 0.25) is 0 Å². The molecule has 0 aliphatic rings. The summed E-state index contributed by atoms with van der Waals surface area (Å²) in [6.45, 7) is 1.75. The molecular weight excluding hydrogens is 157 g/mol. The van der Waals surface area contributed by atoms with Gasteiger partial charge in [-0.2, -0.15) is 0 Å². The molecule has 0 spiro atoms. The van der Waals surface area contributed by atoms with Gasteiger partial charge in [0.25, 0.3) is 0 Å². The van der Waals surface area contributed by atoms with Gasteiger partial charge in [-0.05, 0) is 0 Å². The SMILES string of the molecule is OCCN(CCO)CCO.[Li+].[OH-]. The van der Waals surface area contributed by atoms with Crippen molar-refractivity contribution in [3.63, 3.8) is 0 Å². The summed E-state index contributed by atoms with van der Waals surface area (Å²) in [7, 11) is 0. The van der Waals surface area contributed by atoms with E-state index in [1.54, 1.807) is 4.90 Å². The fraction of sp³-hybridized carbons (Fsp3) is 1.00. The first-order valence-corrected chi connectivity index (χ1v) is 3.40. The first-order chi connectivity index (χ1) is 4.85. The second-order valence-corrected chi connectivity index (χ2v) is 2.01. The van der Waals surface area contributed by atoms with E-state index in [4.69, 9.17) is 15.3 Å². The molecule has 12 heavy (non-hydrogen) atoms. The van der Waals surface area contributed by atoms with Gasteiger partial charge in [-0.3, -0.25) is 4.90 Å². The van der Waals surface area contributed by atoms with Gasteiger partial charge in [-0.25, -0.2) is 0 Å². The summed E-state index contributed by atoms with van der Waals surface area (Å²) in [6.07, 6.45) is 0. The van der Waals surface area contributed by atoms with Crippen molar-refractivity contribution >= 4 is 0 Å². The molecule has 0 aliphatic carbocycles. The predicted molar refractivity (Wildman–Crippen MR) is 39.6 cm³/mol. The van der Waals surface area contributed by atoms with E-state index in [-0.39, 0.29) is 44.2 Å². The molecule has 70 valence electrons. The van der Waals surface area contributed by atoms with Crippen LogP contribution in [0, 0.1) is 0 Å². The minimum atomic E-state index is 0. The molecule has 0 fully saturated rings. The van der Waals surface area contributed by atoms with Crippen LogP contribution in [0.5, 0.6) is 0 Å². The molecule has 0 unspecified atom stereocenters. The molecule has 0 aromatic carbocycles. The average Bonchev–Trinajstić information content (AvgIpc) is 1.90. The van der Waals surface area contributed by atoms with Gasteiger partial charge in [0.1, 0.15) is 0 Å². The van der Waals surface area contributed by atoms with Crippen LogP contribution in [0.1, 0.15) is 0 Å². The number of hydrogen-bond donors (Lipinski definition) is 3. The van der Waals surface area contributed by atoms with Crippen LogP contribution in [0.2, 0.25) is 0 Å². The average molecular weight is 173 g/mol. The monoisotopic (exact) mass is 173 g/mol. The zero-order valence-corrected chi connectivity index (χ0v) is 7.48. The van der Waals surface area contributed by atoms with Crippen LogP contribution >= 0.6 is 0 Å². The molecule has 0 saturated heterocycles. The van der Waals surface area contributed by atoms with Crippen molar-refractivity contribution < 1.29 is 39.7 Å². The van der Waals surface area contributed by atoms with Crippen molar-refractivity contribution in [1.82, 2.24) is 4.90 Å². The van der Waals surface area contributed by atoms with Crippen LogP contribution in [0.25, 0.3) is 0 Å². The van der Waals surface area contributed by atoms with Gasteiger partial charge >= 0.3 is 18.9 Å². The van der Waals surface area contributed by atoms with Crippen LogP contribution in [0.3, 0.4) is 0 Å². The van der Waals surface area contributed by atoms with Gasteiger partial charge in [0.15, 0.2) is 0 Å². The smallest absolute Gasteiger partial charge is 0.870 e. The molecule has 0 aromatic heterocycles. The van der Waals surface area contributed by atoms with Crippen LogP contribution in [0.4, 0.5) is 0 Å². The maximum absolute atomic E-state index is 8.48. The summed E-state index contributed by atoms with van der Waals surface area (Å²) in [6, 6.07) is 0. The Morgan fingerprint density at radius 3 is 1.17 bits per heavy atom. The molecular formula is C6H16LiNO4. The first-order valence-electron chi connectivity index (χ1n) is 3.40. The second-order valence-electron chi connectivity index (χ2n) is 2.01. The van der Waals surface area contributed by atoms with Gasteiger partial charge < -0.3 is 20.8 Å². The maximum atomic E-state index is 8.48. The molecule has 0 saturated carbocycles. The normalized spacial score (nSPS) is 9.00. The molecule has 4 N–H and O–H groups in total. The van der Waals surface area contributed by atoms with Gasteiger partial charge in [0.05, 0.1) is 19.8 Å². The quantitative estimate of drug-likeness (QED) is 0.350. The van der Waals surface area contributed by atoms with E-state index in [1.807, 2.05) is 0 Å². The maximum Gasteiger partial charge on any atom is 1.00 e. The summed E-state index contributed by atoms with van der Waals surface area (Å²) in [5.74, 6) is 0. The van der Waals surface area contributed by atoms with Crippen molar-refractivity contribution in [3.05, 3.63) is 0 Å². The Kier molecular flexibility index (Phi) is 21.2. The molecule has 0 bridgehead atoms. The van der Waals surface area contributed by atoms with Crippen molar-refractivity contribution in [2.45, 2.75) is 0 Å². The summed E-state index contributed by atoms with van der Waals surface area (Å²) >= 11 is 0. The molecule has 0 atom stereocenters. The van der Waals surface area contributed by atoms with Crippen LogP contribution in [-0.4, -0.2) is 65.2 Å². The van der Waals surface area contributed by atoms with Crippen molar-refractivity contribution in [3.8, 4) is 0 Å². The number of aliphatic hydroxyl groups excluding tert-OH is 3. The summed E-state index contributed by atoms with van der Waals surface area (Å²) < 4.78 is 0. The van der Waals surface area contributed by atoms with Crippen LogP contribution in [0.15, 0.2) is 0 Å². The van der Waals surface area contributed by atoms with E-state index >= 15 is 0 Å². The minimum absolute atomic E-state index is 0. The Hall–Kier alpha value is 0.397. The third kappa shape index (κ3) is 10.4. The van der Waals surface area contributed by atoms with Crippen LogP contribution < -0.4 is 18.9 Å². The van der Waals surface area contributed by atoms with E-state index < -0.39 is 0 Å². The molecule has 0 aliphatic heterocycles. The Balaban J connectivity index is -0.000000405. The molecule has 0 amide bonds. The molecule has 0 aromatic rings. The zero-order chi connectivity index (χ0) is 7.82. The van der Waals surface area contributed by atoms with Crippen molar-refractivity contribution in [2.24, 2.45) is 0 Å². The topological polar surface area (TPSA) is 93.9 Å². The summed E-state index contributed by atoms with van der Waals surface area (Å²) in [4.78, 5) is 1.79. The Bertz CT molecular complexity index is 62.3. The Morgan fingerprint density at radius 1 is 0.750 bits per heavy atom. The van der Waals surface area contributed by atoms with E-state index in [2.05, 4.69) is 0 Å². The van der Waals surface area contributed by atoms with Gasteiger partial charge in [-0.1, -0.05) is 0 Å². The Labute approximate surface area is 84.5 Å². The van der Waals surface area contributed by atoms with Crippen molar-refractivity contribution in [1.29, 1.82) is 0 Å². The fourth-order valence-electron chi connectivity index (χ4n) is 0.760. The van der Waals surface area contributed by atoms with E-state index in [0.29, 0.717) is 19.6 Å². The second kappa shape index (κ2) is 14.0. The van der Waals surface area contributed by atoms with Crippen LogP contribution in [-0.2, 0) is 0 Å². The third-order valence-electron chi connectivity index (χ3n) is 1.25. The minimum Gasteiger partial charge on any atom is -0.870 e. The number of rotatable bonds is 6. The number of nitrogens with zero attached hydrogens (tertiary/aromatic N) is 1. The molecule has 5 nitrogen and oxygen atoms in total. The number of aliphatic hydroxyl groups is 3. The van der Waals surface area contributed by atoms with E-state index in [0.717, 1.165) is 0 Å². The summed E-state index contributed by atoms with van der Waals surface area (Å²) in [5.41, 5.74) is 0. The summed E-state index contributed by atoms with van der Waals surface area (Å²) in [5, 5.41) is 25.5. The largest absolute Gasteiger partial charge is 1.00 e. The molecule has 6 heteroatoms.